The molecule has 6 heteroatoms. The van der Waals surface area contributed by atoms with E-state index in [0.29, 0.717) is 5.92 Å². The number of piperidine rings is 1. The number of aromatic nitrogens is 1. The lowest BCUT2D eigenvalue weighted by atomic mass is 9.80. The number of nitrogens with one attached hydrogen (secondary N) is 2. The molecular weight excluding hydrogens is 358 g/mol. The van der Waals surface area contributed by atoms with Crippen LogP contribution < -0.4 is 15.5 Å². The van der Waals surface area contributed by atoms with Gasteiger partial charge in [-0.05, 0) is 63.4 Å². The first-order valence-electron chi connectivity index (χ1n) is 10.7. The third-order valence-electron chi connectivity index (χ3n) is 7.15. The van der Waals surface area contributed by atoms with Gasteiger partial charge in [0.15, 0.2) is 0 Å². The molecule has 27 heavy (non-hydrogen) atoms. The van der Waals surface area contributed by atoms with Gasteiger partial charge in [-0.15, -0.1) is 0 Å². The summed E-state index contributed by atoms with van der Waals surface area (Å²) in [6, 6.07) is 2.91. The van der Waals surface area contributed by atoms with Crippen LogP contribution >= 0.6 is 11.6 Å². The molecule has 0 amide bonds. The van der Waals surface area contributed by atoms with E-state index in [4.69, 9.17) is 16.6 Å². The Bertz CT molecular complexity index is 639. The lowest BCUT2D eigenvalue weighted by Gasteiger charge is -2.41. The van der Waals surface area contributed by atoms with Gasteiger partial charge in [-0.25, -0.2) is 4.98 Å². The molecule has 0 radical (unpaired) electrons. The summed E-state index contributed by atoms with van der Waals surface area (Å²) in [7, 11) is 0. The molecule has 3 saturated heterocycles. The monoisotopic (exact) mass is 391 g/mol. The van der Waals surface area contributed by atoms with Gasteiger partial charge in [0.05, 0.1) is 5.02 Å². The molecular formula is C21H34ClN5. The summed E-state index contributed by atoms with van der Waals surface area (Å²) in [6.45, 7) is 12.2. The van der Waals surface area contributed by atoms with E-state index in [1.54, 1.807) is 0 Å². The lowest BCUT2D eigenvalue weighted by Crippen LogP contribution is -2.53. The van der Waals surface area contributed by atoms with E-state index in [-0.39, 0.29) is 5.54 Å². The zero-order valence-corrected chi connectivity index (χ0v) is 17.6. The predicted octanol–water partition coefficient (Wildman–Crippen LogP) is 2.84. The summed E-state index contributed by atoms with van der Waals surface area (Å²) in [6.07, 6.45) is 7.02. The van der Waals surface area contributed by atoms with Crippen LogP contribution in [0.1, 0.15) is 45.1 Å². The number of halogens is 1. The van der Waals surface area contributed by atoms with E-state index in [0.717, 1.165) is 62.7 Å². The highest BCUT2D eigenvalue weighted by atomic mass is 35.5. The standard InChI is InChI=1S/C21H34ClN5/c1-3-16-4-9-25-21(16,2)17-14-19(22)20(24-15-17)27-12-10-26(11-13-27)18-5-7-23-8-6-18/h14-16,18,23,25H,3-13H2,1-2H3. The molecule has 0 saturated carbocycles. The van der Waals surface area contributed by atoms with Crippen LogP contribution in [0.25, 0.3) is 0 Å². The molecule has 5 nitrogen and oxygen atoms in total. The SMILES string of the molecule is CCC1CCNC1(C)c1cnc(N2CCN(C3CCNCC3)CC2)c(Cl)c1. The summed E-state index contributed by atoms with van der Waals surface area (Å²) in [5.41, 5.74) is 1.23. The van der Waals surface area contributed by atoms with Crippen LogP contribution in [0, 0.1) is 5.92 Å². The number of pyridine rings is 1. The average Bonchev–Trinajstić information content (AvgIpc) is 3.10. The minimum Gasteiger partial charge on any atom is -0.353 e. The van der Waals surface area contributed by atoms with Crippen molar-refractivity contribution in [1.82, 2.24) is 20.5 Å². The number of rotatable bonds is 4. The van der Waals surface area contributed by atoms with E-state index >= 15 is 0 Å². The molecule has 1 aromatic heterocycles. The molecule has 2 atom stereocenters. The summed E-state index contributed by atoms with van der Waals surface area (Å²) in [4.78, 5) is 9.85. The fourth-order valence-corrected chi connectivity index (χ4v) is 5.59. The first kappa shape index (κ1) is 19.4. The molecule has 4 rings (SSSR count). The second-order valence-corrected chi connectivity index (χ2v) is 8.96. The van der Waals surface area contributed by atoms with Crippen molar-refractivity contribution in [3.63, 3.8) is 0 Å². The molecule has 0 spiro atoms. The minimum atomic E-state index is -0.00235. The number of piperazine rings is 1. The molecule has 0 aliphatic carbocycles. The van der Waals surface area contributed by atoms with E-state index < -0.39 is 0 Å². The first-order chi connectivity index (χ1) is 13.1. The van der Waals surface area contributed by atoms with Gasteiger partial charge >= 0.3 is 0 Å². The first-order valence-corrected chi connectivity index (χ1v) is 11.1. The van der Waals surface area contributed by atoms with Crippen molar-refractivity contribution in [1.29, 1.82) is 0 Å². The average molecular weight is 392 g/mol. The quantitative estimate of drug-likeness (QED) is 0.826. The van der Waals surface area contributed by atoms with E-state index in [1.165, 1.54) is 31.2 Å². The lowest BCUT2D eigenvalue weighted by molar-refractivity contribution is 0.153. The number of hydrogen-bond donors (Lipinski definition) is 2. The van der Waals surface area contributed by atoms with Crippen LogP contribution in [0.3, 0.4) is 0 Å². The van der Waals surface area contributed by atoms with Gasteiger partial charge in [0.25, 0.3) is 0 Å². The van der Waals surface area contributed by atoms with Crippen molar-refractivity contribution in [2.75, 3.05) is 50.7 Å². The maximum atomic E-state index is 6.73. The highest BCUT2D eigenvalue weighted by molar-refractivity contribution is 6.33. The third-order valence-corrected chi connectivity index (χ3v) is 7.43. The van der Waals surface area contributed by atoms with Crippen molar-refractivity contribution in [3.8, 4) is 0 Å². The van der Waals surface area contributed by atoms with Gasteiger partial charge in [-0.1, -0.05) is 24.9 Å². The highest BCUT2D eigenvalue weighted by Gasteiger charge is 2.39. The Labute approximate surface area is 168 Å². The summed E-state index contributed by atoms with van der Waals surface area (Å²) in [5, 5.41) is 7.96. The van der Waals surface area contributed by atoms with Gasteiger partial charge in [-0.3, -0.25) is 4.90 Å². The number of nitrogens with zero attached hydrogens (tertiary/aromatic N) is 3. The van der Waals surface area contributed by atoms with Crippen molar-refractivity contribution in [2.45, 2.75) is 51.1 Å². The molecule has 0 aromatic carbocycles. The van der Waals surface area contributed by atoms with Crippen LogP contribution in [-0.4, -0.2) is 61.7 Å². The highest BCUT2D eigenvalue weighted by Crippen LogP contribution is 2.39. The molecule has 150 valence electrons. The fraction of sp³-hybridized carbons (Fsp3) is 0.762. The smallest absolute Gasteiger partial charge is 0.147 e. The van der Waals surface area contributed by atoms with Crippen molar-refractivity contribution >= 4 is 17.4 Å². The molecule has 3 aliphatic heterocycles. The predicted molar refractivity (Wildman–Crippen MR) is 113 cm³/mol. The van der Waals surface area contributed by atoms with Crippen LogP contribution in [0.2, 0.25) is 5.02 Å². The Morgan fingerprint density at radius 3 is 2.56 bits per heavy atom. The zero-order valence-electron chi connectivity index (χ0n) is 16.8. The van der Waals surface area contributed by atoms with E-state index in [1.807, 2.05) is 0 Å². The maximum Gasteiger partial charge on any atom is 0.147 e. The van der Waals surface area contributed by atoms with Gasteiger partial charge in [0.2, 0.25) is 0 Å². The van der Waals surface area contributed by atoms with Crippen molar-refractivity contribution in [3.05, 3.63) is 22.8 Å². The summed E-state index contributed by atoms with van der Waals surface area (Å²) >= 11 is 6.73. The second kappa shape index (κ2) is 8.24. The summed E-state index contributed by atoms with van der Waals surface area (Å²) in [5.74, 6) is 1.61. The molecule has 2 N–H and O–H groups in total. The van der Waals surface area contributed by atoms with Gasteiger partial charge in [-0.2, -0.15) is 0 Å². The molecule has 2 unspecified atom stereocenters. The van der Waals surface area contributed by atoms with Crippen LogP contribution in [-0.2, 0) is 5.54 Å². The van der Waals surface area contributed by atoms with Crippen molar-refractivity contribution in [2.24, 2.45) is 5.92 Å². The number of anilines is 1. The van der Waals surface area contributed by atoms with Gasteiger partial charge in [0.1, 0.15) is 5.82 Å². The largest absolute Gasteiger partial charge is 0.353 e. The summed E-state index contributed by atoms with van der Waals surface area (Å²) < 4.78 is 0. The van der Waals surface area contributed by atoms with Crippen LogP contribution in [0.5, 0.6) is 0 Å². The molecule has 3 fully saturated rings. The van der Waals surface area contributed by atoms with E-state index in [2.05, 4.69) is 46.5 Å². The van der Waals surface area contributed by atoms with Crippen molar-refractivity contribution < 1.29 is 0 Å². The molecule has 4 heterocycles. The second-order valence-electron chi connectivity index (χ2n) is 8.56. The minimum absolute atomic E-state index is 0.00235. The van der Waals surface area contributed by atoms with E-state index in [9.17, 15) is 0 Å². The number of hydrogen-bond acceptors (Lipinski definition) is 5. The Morgan fingerprint density at radius 1 is 1.15 bits per heavy atom. The normalized spacial score (nSPS) is 30.8. The van der Waals surface area contributed by atoms with Gasteiger partial charge < -0.3 is 15.5 Å². The Hall–Kier alpha value is -0.880. The van der Waals surface area contributed by atoms with Crippen LogP contribution in [0.4, 0.5) is 5.82 Å². The Balaban J connectivity index is 1.43. The van der Waals surface area contributed by atoms with Crippen LogP contribution in [0.15, 0.2) is 12.3 Å². The zero-order chi connectivity index (χ0) is 18.9. The molecule has 0 bridgehead atoms. The topological polar surface area (TPSA) is 43.4 Å². The maximum absolute atomic E-state index is 6.73. The fourth-order valence-electron chi connectivity index (χ4n) is 5.31. The Kier molecular flexibility index (Phi) is 5.93. The Morgan fingerprint density at radius 2 is 1.89 bits per heavy atom. The molecule has 3 aliphatic rings. The third kappa shape index (κ3) is 3.84. The van der Waals surface area contributed by atoms with Gasteiger partial charge in [0, 0.05) is 44.0 Å². The molecule has 1 aromatic rings.